The third-order valence-corrected chi connectivity index (χ3v) is 6.46. The lowest BCUT2D eigenvalue weighted by Gasteiger charge is -2.42. The molecule has 2 aliphatic heterocycles. The Kier molecular flexibility index (Phi) is 4.86. The van der Waals surface area contributed by atoms with Gasteiger partial charge in [-0.1, -0.05) is 47.6 Å². The van der Waals surface area contributed by atoms with E-state index >= 15 is 0 Å². The lowest BCUT2D eigenvalue weighted by molar-refractivity contribution is -0.129. The highest BCUT2D eigenvalue weighted by Gasteiger charge is 2.38. The number of hydrogen-bond acceptors (Lipinski definition) is 4. The summed E-state index contributed by atoms with van der Waals surface area (Å²) in [6, 6.07) is 18.0. The summed E-state index contributed by atoms with van der Waals surface area (Å²) in [5.74, 6) is 0.583. The van der Waals surface area contributed by atoms with Crippen LogP contribution in [0.3, 0.4) is 0 Å². The summed E-state index contributed by atoms with van der Waals surface area (Å²) in [5, 5.41) is 11.3. The number of nitriles is 1. The Hall–Kier alpha value is -2.42. The van der Waals surface area contributed by atoms with E-state index in [2.05, 4.69) is 11.0 Å². The molecule has 0 N–H and O–H groups in total. The van der Waals surface area contributed by atoms with Crippen molar-refractivity contribution in [2.75, 3.05) is 17.4 Å². The molecule has 0 aromatic heterocycles. The van der Waals surface area contributed by atoms with Gasteiger partial charge in [0.25, 0.3) is 0 Å². The minimum atomic E-state index is -0.162. The van der Waals surface area contributed by atoms with Crippen LogP contribution in [0.1, 0.15) is 23.5 Å². The van der Waals surface area contributed by atoms with Crippen LogP contribution in [0.15, 0.2) is 59.1 Å². The first-order chi connectivity index (χ1) is 13.1. The maximum atomic E-state index is 12.9. The van der Waals surface area contributed by atoms with Crippen LogP contribution in [0.2, 0.25) is 5.02 Å². The molecule has 136 valence electrons. The Morgan fingerprint density at radius 1 is 1.19 bits per heavy atom. The average Bonchev–Trinajstić information content (AvgIpc) is 2.69. The highest BCUT2D eigenvalue weighted by molar-refractivity contribution is 8.03. The van der Waals surface area contributed by atoms with E-state index in [9.17, 15) is 10.1 Å². The molecule has 0 saturated carbocycles. The minimum absolute atomic E-state index is 0.0587. The molecule has 0 bridgehead atoms. The summed E-state index contributed by atoms with van der Waals surface area (Å²) < 4.78 is 0. The quantitative estimate of drug-likeness (QED) is 0.727. The van der Waals surface area contributed by atoms with Gasteiger partial charge in [0.2, 0.25) is 5.91 Å². The molecule has 1 atom stereocenters. The lowest BCUT2D eigenvalue weighted by Crippen LogP contribution is -2.47. The maximum Gasteiger partial charge on any atom is 0.229 e. The summed E-state index contributed by atoms with van der Waals surface area (Å²) in [7, 11) is 0. The zero-order valence-corrected chi connectivity index (χ0v) is 16.4. The number of amides is 1. The van der Waals surface area contributed by atoms with Gasteiger partial charge in [-0.3, -0.25) is 9.69 Å². The normalized spacial score (nSPS) is 19.7. The van der Waals surface area contributed by atoms with Crippen molar-refractivity contribution in [1.29, 1.82) is 5.26 Å². The van der Waals surface area contributed by atoms with Crippen molar-refractivity contribution in [3.05, 3.63) is 75.3 Å². The number of aryl methyl sites for hydroxylation is 1. The van der Waals surface area contributed by atoms with Crippen LogP contribution < -0.4 is 4.90 Å². The van der Waals surface area contributed by atoms with Crippen molar-refractivity contribution in [2.45, 2.75) is 19.3 Å². The molecule has 2 heterocycles. The van der Waals surface area contributed by atoms with Crippen LogP contribution in [0.5, 0.6) is 0 Å². The van der Waals surface area contributed by atoms with Gasteiger partial charge in [-0.25, -0.2) is 0 Å². The second kappa shape index (κ2) is 7.30. The monoisotopic (exact) mass is 395 g/mol. The summed E-state index contributed by atoms with van der Waals surface area (Å²) >= 11 is 7.53. The molecule has 2 aliphatic rings. The predicted molar refractivity (Wildman–Crippen MR) is 109 cm³/mol. The van der Waals surface area contributed by atoms with Crippen molar-refractivity contribution >= 4 is 35.0 Å². The van der Waals surface area contributed by atoms with Gasteiger partial charge in [0, 0.05) is 23.0 Å². The number of halogens is 1. The number of nitrogens with zero attached hydrogens (tertiary/aromatic N) is 3. The molecule has 1 fully saturated rings. The van der Waals surface area contributed by atoms with E-state index in [4.69, 9.17) is 11.6 Å². The summed E-state index contributed by atoms with van der Waals surface area (Å²) in [5.41, 5.74) is 3.89. The lowest BCUT2D eigenvalue weighted by atomic mass is 9.84. The molecule has 0 unspecified atom stereocenters. The molecule has 1 amide bonds. The molecule has 2 aromatic rings. The van der Waals surface area contributed by atoms with Gasteiger partial charge in [-0.05, 0) is 42.3 Å². The number of benzene rings is 2. The van der Waals surface area contributed by atoms with Crippen LogP contribution in [0, 0.1) is 18.3 Å². The third kappa shape index (κ3) is 3.31. The van der Waals surface area contributed by atoms with E-state index in [1.54, 1.807) is 16.7 Å². The summed E-state index contributed by atoms with van der Waals surface area (Å²) in [4.78, 5) is 16.8. The second-order valence-electron chi connectivity index (χ2n) is 6.70. The molecule has 0 spiro atoms. The number of anilines is 1. The Morgan fingerprint density at radius 3 is 2.63 bits per heavy atom. The number of allylic oxidation sites excluding steroid dienone is 1. The average molecular weight is 396 g/mol. The summed E-state index contributed by atoms with van der Waals surface area (Å²) in [6.45, 7) is 2.48. The predicted octanol–water partition coefficient (Wildman–Crippen LogP) is 4.87. The van der Waals surface area contributed by atoms with Crippen LogP contribution in [0.4, 0.5) is 5.69 Å². The van der Waals surface area contributed by atoms with Crippen molar-refractivity contribution in [1.82, 2.24) is 4.90 Å². The number of fused-ring (bicyclic) bond motifs is 1. The number of carbonyl (C=O) groups excluding carboxylic acids is 1. The fraction of sp³-hybridized carbons (Fsp3) is 0.238. The Balaban J connectivity index is 1.68. The molecule has 0 radical (unpaired) electrons. The molecular weight excluding hydrogens is 378 g/mol. The van der Waals surface area contributed by atoms with Gasteiger partial charge in [0.15, 0.2) is 0 Å². The van der Waals surface area contributed by atoms with Gasteiger partial charge in [0.1, 0.15) is 0 Å². The van der Waals surface area contributed by atoms with E-state index in [-0.39, 0.29) is 11.8 Å². The Labute approximate surface area is 168 Å². The van der Waals surface area contributed by atoms with Crippen molar-refractivity contribution < 1.29 is 4.79 Å². The molecule has 1 saturated heterocycles. The molecule has 27 heavy (non-hydrogen) atoms. The second-order valence-corrected chi connectivity index (χ2v) is 8.07. The Bertz CT molecular complexity index is 964. The molecule has 4 nitrogen and oxygen atoms in total. The van der Waals surface area contributed by atoms with Crippen LogP contribution >= 0.6 is 23.4 Å². The molecule has 4 rings (SSSR count). The van der Waals surface area contributed by atoms with Gasteiger partial charge in [0.05, 0.1) is 29.2 Å². The van der Waals surface area contributed by atoms with E-state index in [1.165, 1.54) is 0 Å². The van der Waals surface area contributed by atoms with Gasteiger partial charge in [-0.15, -0.1) is 0 Å². The smallest absolute Gasteiger partial charge is 0.229 e. The van der Waals surface area contributed by atoms with E-state index < -0.39 is 0 Å². The zero-order valence-electron chi connectivity index (χ0n) is 14.9. The minimum Gasteiger partial charge on any atom is -0.344 e. The van der Waals surface area contributed by atoms with Crippen LogP contribution in [0.25, 0.3) is 0 Å². The SMILES string of the molecule is Cc1ccccc1[C@@H]1CC(=O)N2CN(c3ccc(Cl)cc3)CSC2=C1C#N. The first-order valence-corrected chi connectivity index (χ1v) is 10.1. The molecule has 0 aliphatic carbocycles. The fourth-order valence-corrected chi connectivity index (χ4v) is 4.91. The zero-order chi connectivity index (χ0) is 19.0. The number of thioether (sulfide) groups is 1. The molecule has 2 aromatic carbocycles. The molecule has 6 heteroatoms. The largest absolute Gasteiger partial charge is 0.344 e. The van der Waals surface area contributed by atoms with Gasteiger partial charge >= 0.3 is 0 Å². The van der Waals surface area contributed by atoms with Crippen molar-refractivity contribution in [3.8, 4) is 6.07 Å². The van der Waals surface area contributed by atoms with E-state index in [0.717, 1.165) is 21.8 Å². The van der Waals surface area contributed by atoms with Gasteiger partial charge < -0.3 is 4.90 Å². The first kappa shape index (κ1) is 18.0. The Morgan fingerprint density at radius 2 is 1.93 bits per heavy atom. The highest BCUT2D eigenvalue weighted by atomic mass is 35.5. The van der Waals surface area contributed by atoms with Crippen LogP contribution in [-0.4, -0.2) is 23.4 Å². The number of carbonyl (C=O) groups is 1. The maximum absolute atomic E-state index is 12.9. The van der Waals surface area contributed by atoms with Gasteiger partial charge in [-0.2, -0.15) is 5.26 Å². The van der Waals surface area contributed by atoms with E-state index in [1.807, 2.05) is 55.5 Å². The van der Waals surface area contributed by atoms with Crippen molar-refractivity contribution in [2.24, 2.45) is 0 Å². The molecular formula is C21H18ClN3OS. The van der Waals surface area contributed by atoms with E-state index in [0.29, 0.717) is 29.6 Å². The number of hydrogen-bond donors (Lipinski definition) is 0. The van der Waals surface area contributed by atoms with Crippen molar-refractivity contribution in [3.63, 3.8) is 0 Å². The standard InChI is InChI=1S/C21H18ClN3OS/c1-14-4-2-3-5-17(14)18-10-20(26)25-12-24(13-27-21(25)19(18)11-23)16-8-6-15(22)7-9-16/h2-9,18H,10,12-13H2,1H3/t18-/m0/s1. The highest BCUT2D eigenvalue weighted by Crippen LogP contribution is 2.43. The fourth-order valence-electron chi connectivity index (χ4n) is 3.62. The topological polar surface area (TPSA) is 47.3 Å². The first-order valence-electron chi connectivity index (χ1n) is 8.72. The number of rotatable bonds is 2. The summed E-state index contributed by atoms with van der Waals surface area (Å²) in [6.07, 6.45) is 0.326. The third-order valence-electron chi connectivity index (χ3n) is 5.05. The van der Waals surface area contributed by atoms with Crippen LogP contribution in [-0.2, 0) is 4.79 Å².